The minimum Gasteiger partial charge on any atom is -0.342 e. The van der Waals surface area contributed by atoms with E-state index in [0.29, 0.717) is 17.1 Å². The van der Waals surface area contributed by atoms with Gasteiger partial charge in [-0.15, -0.1) is 0 Å². The first-order valence-corrected chi connectivity index (χ1v) is 15.8. The number of rotatable bonds is 10. The molecule has 2 aromatic rings. The lowest BCUT2D eigenvalue weighted by Crippen LogP contribution is -2.56. The van der Waals surface area contributed by atoms with Crippen molar-refractivity contribution in [2.24, 2.45) is 5.11 Å². The summed E-state index contributed by atoms with van der Waals surface area (Å²) in [7, 11) is 0. The molecule has 1 saturated heterocycles. The molecule has 46 heavy (non-hydrogen) atoms. The largest absolute Gasteiger partial charge is 0.342 e. The van der Waals surface area contributed by atoms with Crippen LogP contribution in [0.3, 0.4) is 0 Å². The number of aryl methyl sites for hydroxylation is 1. The Hall–Kier alpha value is -4.59. The van der Waals surface area contributed by atoms with Crippen LogP contribution in [0.15, 0.2) is 41.5 Å². The minimum atomic E-state index is -1.14. The Morgan fingerprint density at radius 3 is 2.57 bits per heavy atom. The van der Waals surface area contributed by atoms with E-state index in [1.54, 1.807) is 13.0 Å². The molecule has 0 aromatic heterocycles. The quantitative estimate of drug-likeness (QED) is 0.206. The Labute approximate surface area is 273 Å². The van der Waals surface area contributed by atoms with Crippen LogP contribution >= 0.6 is 11.6 Å². The molecule has 0 saturated carbocycles. The Morgan fingerprint density at radius 1 is 1.15 bits per heavy atom. The highest BCUT2D eigenvalue weighted by molar-refractivity contribution is 6.31. The predicted octanol–water partition coefficient (Wildman–Crippen LogP) is 5.17. The van der Waals surface area contributed by atoms with Crippen molar-refractivity contribution < 1.29 is 19.2 Å². The van der Waals surface area contributed by atoms with E-state index >= 15 is 0 Å². The first-order valence-electron chi connectivity index (χ1n) is 15.4. The van der Waals surface area contributed by atoms with Crippen molar-refractivity contribution in [1.29, 1.82) is 5.26 Å². The maximum Gasteiger partial charge on any atom is 0.246 e. The molecule has 12 nitrogen and oxygen atoms in total. The summed E-state index contributed by atoms with van der Waals surface area (Å²) in [6, 6.07) is 10.5. The molecule has 2 aromatic carbocycles. The van der Waals surface area contributed by atoms with Crippen molar-refractivity contribution in [1.82, 2.24) is 15.1 Å². The lowest BCUT2D eigenvalue weighted by molar-refractivity contribution is -0.145. The van der Waals surface area contributed by atoms with Crippen molar-refractivity contribution in [3.63, 3.8) is 0 Å². The summed E-state index contributed by atoms with van der Waals surface area (Å²) in [5.41, 5.74) is 11.4. The zero-order valence-corrected chi connectivity index (χ0v) is 27.1. The van der Waals surface area contributed by atoms with Gasteiger partial charge in [0.1, 0.15) is 18.2 Å². The van der Waals surface area contributed by atoms with E-state index < -0.39 is 23.9 Å². The van der Waals surface area contributed by atoms with Crippen LogP contribution in [0.5, 0.6) is 0 Å². The molecular formula is C33H39ClN8O4. The highest BCUT2D eigenvalue weighted by Crippen LogP contribution is 2.29. The van der Waals surface area contributed by atoms with Crippen LogP contribution < -0.4 is 10.6 Å². The molecule has 4 amide bonds. The second kappa shape index (κ2) is 15.1. The fourth-order valence-electron chi connectivity index (χ4n) is 6.10. The summed E-state index contributed by atoms with van der Waals surface area (Å²) >= 11 is 6.15. The molecule has 2 aliphatic heterocycles. The molecule has 1 fully saturated rings. The fourth-order valence-corrected chi connectivity index (χ4v) is 6.27. The van der Waals surface area contributed by atoms with E-state index in [-0.39, 0.29) is 67.4 Å². The maximum atomic E-state index is 13.9. The molecule has 0 radical (unpaired) electrons. The van der Waals surface area contributed by atoms with Gasteiger partial charge in [0.25, 0.3) is 0 Å². The minimum absolute atomic E-state index is 0.0204. The average Bonchev–Trinajstić information content (AvgIpc) is 3.03. The smallest absolute Gasteiger partial charge is 0.246 e. The topological polar surface area (TPSA) is 171 Å². The molecule has 2 atom stereocenters. The van der Waals surface area contributed by atoms with Crippen molar-refractivity contribution in [3.8, 4) is 6.07 Å². The van der Waals surface area contributed by atoms with Gasteiger partial charge in [-0.25, -0.2) is 0 Å². The van der Waals surface area contributed by atoms with E-state index in [0.717, 1.165) is 30.4 Å². The van der Waals surface area contributed by atoms with Crippen molar-refractivity contribution in [2.75, 3.05) is 18.4 Å². The van der Waals surface area contributed by atoms with E-state index in [1.165, 1.54) is 11.0 Å². The molecule has 0 unspecified atom stereocenters. The van der Waals surface area contributed by atoms with Crippen molar-refractivity contribution in [2.45, 2.75) is 89.9 Å². The average molecular weight is 647 g/mol. The summed E-state index contributed by atoms with van der Waals surface area (Å²) in [4.78, 5) is 60.3. The number of fused-ring (bicyclic) bond motifs is 1. The number of hydrogen-bond donors (Lipinski definition) is 2. The van der Waals surface area contributed by atoms with E-state index in [1.807, 2.05) is 49.1 Å². The number of benzene rings is 2. The molecule has 0 bridgehead atoms. The monoisotopic (exact) mass is 646 g/mol. The van der Waals surface area contributed by atoms with E-state index in [9.17, 15) is 24.4 Å². The number of azide groups is 1. The SMILES string of the molecule is Cc1cc(NC(=O)[C@H](CCN=[N+]=[N-])NC(=O)[C@@H]2Cc3ccccc3CN2C(=O)CCC(=O)N2CCCCC2(C)C)c(C#N)cc1Cl. The molecule has 0 spiro atoms. The number of amides is 4. The van der Waals surface area contributed by atoms with Crippen LogP contribution in [0.2, 0.25) is 5.02 Å². The van der Waals surface area contributed by atoms with Gasteiger partial charge in [0.05, 0.1) is 11.3 Å². The Morgan fingerprint density at radius 2 is 1.87 bits per heavy atom. The van der Waals surface area contributed by atoms with Gasteiger partial charge < -0.3 is 20.4 Å². The van der Waals surface area contributed by atoms with Gasteiger partial charge >= 0.3 is 0 Å². The standard InChI is InChI=1S/C33H39ClN8O4/c1-21-16-27(24(19-35)17-25(21)34)39-31(45)26(12-14-37-40-36)38-32(46)28-18-22-8-4-5-9-23(22)20-41(28)29(43)10-11-30(44)42-15-7-6-13-33(42,2)3/h4-5,8-9,16-17,26,28H,6-7,10-15,18,20H2,1-3H3,(H,38,46)(H,39,45)/t26-,28-/m0/s1. The normalized spacial score (nSPS) is 17.5. The molecule has 0 aliphatic carbocycles. The summed E-state index contributed by atoms with van der Waals surface area (Å²) < 4.78 is 0. The third-order valence-electron chi connectivity index (χ3n) is 8.77. The number of nitrogens with zero attached hydrogens (tertiary/aromatic N) is 6. The number of carbonyl (C=O) groups is 4. The van der Waals surface area contributed by atoms with Gasteiger partial charge in [0, 0.05) is 54.4 Å². The number of carbonyl (C=O) groups excluding carboxylic acids is 4. The van der Waals surface area contributed by atoms with Crippen LogP contribution in [0.1, 0.15) is 74.6 Å². The second-order valence-electron chi connectivity index (χ2n) is 12.4. The van der Waals surface area contributed by atoms with Crippen LogP contribution in [0.25, 0.3) is 10.4 Å². The number of likely N-dealkylation sites (tertiary alicyclic amines) is 1. The maximum absolute atomic E-state index is 13.9. The first-order chi connectivity index (χ1) is 21.9. The lowest BCUT2D eigenvalue weighted by Gasteiger charge is -2.42. The first kappa shape index (κ1) is 34.3. The Kier molecular flexibility index (Phi) is 11.3. The van der Waals surface area contributed by atoms with Gasteiger partial charge in [0.2, 0.25) is 23.6 Å². The zero-order valence-electron chi connectivity index (χ0n) is 26.4. The van der Waals surface area contributed by atoms with Gasteiger partial charge in [-0.05, 0) is 80.8 Å². The van der Waals surface area contributed by atoms with Gasteiger partial charge in [0.15, 0.2) is 0 Å². The van der Waals surface area contributed by atoms with Crippen molar-refractivity contribution in [3.05, 3.63) is 74.1 Å². The Bertz CT molecular complexity index is 1600. The number of hydrogen-bond acceptors (Lipinski definition) is 6. The van der Waals surface area contributed by atoms with Gasteiger partial charge in [-0.1, -0.05) is 41.0 Å². The summed E-state index contributed by atoms with van der Waals surface area (Å²) in [6.45, 7) is 6.57. The third kappa shape index (κ3) is 8.16. The fraction of sp³-hybridized carbons (Fsp3) is 0.485. The van der Waals surface area contributed by atoms with E-state index in [2.05, 4.69) is 20.7 Å². The van der Waals surface area contributed by atoms with Crippen LogP contribution in [0, 0.1) is 18.3 Å². The van der Waals surface area contributed by atoms with Gasteiger partial charge in [-0.2, -0.15) is 5.26 Å². The molecule has 2 aliphatic rings. The molecule has 13 heteroatoms. The number of anilines is 1. The summed E-state index contributed by atoms with van der Waals surface area (Å²) in [5, 5.41) is 18.9. The number of nitrogens with one attached hydrogen (secondary N) is 2. The van der Waals surface area contributed by atoms with Crippen molar-refractivity contribution >= 4 is 40.9 Å². The van der Waals surface area contributed by atoms with Crippen LogP contribution in [-0.2, 0) is 32.1 Å². The molecular weight excluding hydrogens is 608 g/mol. The molecule has 2 N–H and O–H groups in total. The Balaban J connectivity index is 1.53. The highest BCUT2D eigenvalue weighted by Gasteiger charge is 2.37. The predicted molar refractivity (Wildman–Crippen MR) is 173 cm³/mol. The lowest BCUT2D eigenvalue weighted by atomic mass is 9.90. The highest BCUT2D eigenvalue weighted by atomic mass is 35.5. The molecule has 2 heterocycles. The van der Waals surface area contributed by atoms with Crippen LogP contribution in [-0.4, -0.2) is 64.1 Å². The second-order valence-corrected chi connectivity index (χ2v) is 12.8. The number of halogens is 1. The summed E-state index contributed by atoms with van der Waals surface area (Å²) in [5.74, 6) is -1.59. The third-order valence-corrected chi connectivity index (χ3v) is 9.17. The zero-order chi connectivity index (χ0) is 33.4. The molecule has 4 rings (SSSR count). The van der Waals surface area contributed by atoms with Crippen LogP contribution in [0.4, 0.5) is 5.69 Å². The van der Waals surface area contributed by atoms with E-state index in [4.69, 9.17) is 17.1 Å². The van der Waals surface area contributed by atoms with Gasteiger partial charge in [-0.3, -0.25) is 19.2 Å². The number of nitriles is 1. The molecule has 242 valence electrons. The number of piperidine rings is 1. The summed E-state index contributed by atoms with van der Waals surface area (Å²) in [6.07, 6.45) is 3.08.